The Morgan fingerprint density at radius 1 is 0.919 bits per heavy atom. The highest BCUT2D eigenvalue weighted by molar-refractivity contribution is 7.89. The smallest absolute Gasteiger partial charge is 0.322 e. The van der Waals surface area contributed by atoms with Crippen LogP contribution in [0.5, 0.6) is 0 Å². The Morgan fingerprint density at radius 2 is 1.62 bits per heavy atom. The molecule has 0 fully saturated rings. The second-order valence-electron chi connectivity index (χ2n) is 9.06. The molecular formula is C28H31F3N2O3S. The Morgan fingerprint density at radius 3 is 2.27 bits per heavy atom. The SMILES string of the molecule is CCCCCCCc1cc(NC(=O)c2ccc(S(N)(=O)=O)c(C)c2)ccc1-c1ccccc1C(F)(F)F. The van der Waals surface area contributed by atoms with Crippen LogP contribution in [0, 0.1) is 6.92 Å². The minimum atomic E-state index is -4.50. The number of carbonyl (C=O) groups is 1. The van der Waals surface area contributed by atoms with Gasteiger partial charge < -0.3 is 5.32 Å². The van der Waals surface area contributed by atoms with Gasteiger partial charge in [-0.3, -0.25) is 4.79 Å². The standard InChI is InChI=1S/C28H31F3N2O3S/c1-3-4-5-6-7-10-20-18-22(14-15-23(20)24-11-8-9-12-25(24)28(29,30)31)33-27(34)21-13-16-26(19(2)17-21)37(32,35)36/h8-9,11-18H,3-7,10H2,1-2H3,(H,33,34)(H2,32,35,36). The first-order valence-electron chi connectivity index (χ1n) is 12.2. The number of nitrogens with two attached hydrogens (primary N) is 1. The number of rotatable bonds is 10. The van der Waals surface area contributed by atoms with Crippen LogP contribution in [0.15, 0.2) is 65.6 Å². The third-order valence-electron chi connectivity index (χ3n) is 6.18. The van der Waals surface area contributed by atoms with Crippen molar-refractivity contribution in [1.29, 1.82) is 0 Å². The van der Waals surface area contributed by atoms with Gasteiger partial charge in [0.05, 0.1) is 10.5 Å². The molecular weight excluding hydrogens is 501 g/mol. The summed E-state index contributed by atoms with van der Waals surface area (Å²) in [6.07, 6.45) is 1.08. The molecule has 0 aliphatic rings. The molecule has 0 heterocycles. The van der Waals surface area contributed by atoms with Crippen molar-refractivity contribution in [2.45, 2.75) is 63.4 Å². The lowest BCUT2D eigenvalue weighted by Crippen LogP contribution is -2.16. The quantitative estimate of drug-likeness (QED) is 0.273. The zero-order valence-electron chi connectivity index (χ0n) is 20.9. The number of aryl methyl sites for hydroxylation is 2. The van der Waals surface area contributed by atoms with Crippen LogP contribution >= 0.6 is 0 Å². The number of hydrogen-bond donors (Lipinski definition) is 2. The second-order valence-corrected chi connectivity index (χ2v) is 10.6. The number of anilines is 1. The summed E-state index contributed by atoms with van der Waals surface area (Å²) >= 11 is 0. The summed E-state index contributed by atoms with van der Waals surface area (Å²) in [5.74, 6) is -0.471. The Labute approximate surface area is 216 Å². The fourth-order valence-electron chi connectivity index (χ4n) is 4.34. The molecule has 1 amide bonds. The minimum Gasteiger partial charge on any atom is -0.322 e. The molecule has 3 rings (SSSR count). The molecule has 0 radical (unpaired) electrons. The van der Waals surface area contributed by atoms with Crippen LogP contribution in [0.25, 0.3) is 11.1 Å². The van der Waals surface area contributed by atoms with Crippen molar-refractivity contribution in [2.24, 2.45) is 5.14 Å². The predicted molar refractivity (Wildman–Crippen MR) is 140 cm³/mol. The van der Waals surface area contributed by atoms with Crippen molar-refractivity contribution in [2.75, 3.05) is 5.32 Å². The van der Waals surface area contributed by atoms with Crippen LogP contribution in [0.1, 0.15) is 66.1 Å². The molecule has 3 aromatic carbocycles. The van der Waals surface area contributed by atoms with Gasteiger partial charge in [0.15, 0.2) is 0 Å². The molecule has 5 nitrogen and oxygen atoms in total. The number of alkyl halides is 3. The van der Waals surface area contributed by atoms with E-state index in [4.69, 9.17) is 5.14 Å². The zero-order valence-corrected chi connectivity index (χ0v) is 21.7. The summed E-state index contributed by atoms with van der Waals surface area (Å²) in [5.41, 5.74) is 1.60. The first-order valence-corrected chi connectivity index (χ1v) is 13.7. The molecule has 3 N–H and O–H groups in total. The van der Waals surface area contributed by atoms with Crippen molar-refractivity contribution in [3.8, 4) is 11.1 Å². The summed E-state index contributed by atoms with van der Waals surface area (Å²) in [6.45, 7) is 3.66. The summed E-state index contributed by atoms with van der Waals surface area (Å²) in [5, 5.41) is 7.97. The molecule has 0 aliphatic heterocycles. The summed E-state index contributed by atoms with van der Waals surface area (Å²) in [4.78, 5) is 12.8. The van der Waals surface area contributed by atoms with E-state index in [0.29, 0.717) is 28.8 Å². The lowest BCUT2D eigenvalue weighted by atomic mass is 9.92. The van der Waals surface area contributed by atoms with E-state index in [1.165, 1.54) is 30.3 Å². The minimum absolute atomic E-state index is 0.0675. The molecule has 0 aliphatic carbocycles. The molecule has 0 unspecified atom stereocenters. The Hall–Kier alpha value is -3.17. The number of sulfonamides is 1. The lowest BCUT2D eigenvalue weighted by Gasteiger charge is -2.17. The highest BCUT2D eigenvalue weighted by Crippen LogP contribution is 2.39. The van der Waals surface area contributed by atoms with E-state index >= 15 is 0 Å². The lowest BCUT2D eigenvalue weighted by molar-refractivity contribution is -0.137. The molecule has 3 aromatic rings. The van der Waals surface area contributed by atoms with Gasteiger partial charge in [0.2, 0.25) is 10.0 Å². The summed E-state index contributed by atoms with van der Waals surface area (Å²) < 4.78 is 64.5. The fraction of sp³-hybridized carbons (Fsp3) is 0.321. The number of unbranched alkanes of at least 4 members (excludes halogenated alkanes) is 4. The van der Waals surface area contributed by atoms with Crippen molar-refractivity contribution in [3.05, 3.63) is 82.9 Å². The topological polar surface area (TPSA) is 89.3 Å². The van der Waals surface area contributed by atoms with E-state index in [1.54, 1.807) is 31.2 Å². The number of hydrogen-bond acceptors (Lipinski definition) is 3. The number of halogens is 3. The van der Waals surface area contributed by atoms with Gasteiger partial charge in [-0.25, -0.2) is 13.6 Å². The average molecular weight is 533 g/mol. The predicted octanol–water partition coefficient (Wildman–Crippen LogP) is 7.09. The molecule has 0 saturated carbocycles. The van der Waals surface area contributed by atoms with E-state index in [2.05, 4.69) is 12.2 Å². The van der Waals surface area contributed by atoms with Crippen molar-refractivity contribution in [1.82, 2.24) is 0 Å². The van der Waals surface area contributed by atoms with Gasteiger partial charge in [0.1, 0.15) is 0 Å². The van der Waals surface area contributed by atoms with Crippen LogP contribution in [-0.2, 0) is 22.6 Å². The Balaban J connectivity index is 1.93. The molecule has 0 spiro atoms. The van der Waals surface area contributed by atoms with Crippen LogP contribution in [0.2, 0.25) is 0 Å². The average Bonchev–Trinajstić information content (AvgIpc) is 2.82. The largest absolute Gasteiger partial charge is 0.417 e. The third kappa shape index (κ3) is 7.42. The fourth-order valence-corrected chi connectivity index (χ4v) is 5.10. The highest BCUT2D eigenvalue weighted by atomic mass is 32.2. The van der Waals surface area contributed by atoms with Gasteiger partial charge >= 0.3 is 6.18 Å². The van der Waals surface area contributed by atoms with Crippen molar-refractivity contribution < 1.29 is 26.4 Å². The first kappa shape index (κ1) is 28.4. The van der Waals surface area contributed by atoms with Gasteiger partial charge in [0.25, 0.3) is 5.91 Å². The molecule has 9 heteroatoms. The maximum atomic E-state index is 13.7. The number of nitrogens with one attached hydrogen (secondary N) is 1. The molecule has 0 bridgehead atoms. The van der Waals surface area contributed by atoms with E-state index < -0.39 is 27.7 Å². The summed E-state index contributed by atoms with van der Waals surface area (Å²) in [6, 6.07) is 14.5. The first-order chi connectivity index (χ1) is 17.4. The molecule has 198 valence electrons. The van der Waals surface area contributed by atoms with Crippen molar-refractivity contribution >= 4 is 21.6 Å². The van der Waals surface area contributed by atoms with Crippen LogP contribution in [0.4, 0.5) is 18.9 Å². The van der Waals surface area contributed by atoms with Crippen LogP contribution < -0.4 is 10.5 Å². The van der Waals surface area contributed by atoms with E-state index in [9.17, 15) is 26.4 Å². The molecule has 0 atom stereocenters. The Kier molecular flexibility index (Phi) is 9.15. The van der Waals surface area contributed by atoms with Crippen LogP contribution in [-0.4, -0.2) is 14.3 Å². The normalized spacial score (nSPS) is 11.9. The Bertz CT molecular complexity index is 1370. The monoisotopic (exact) mass is 532 g/mol. The van der Waals surface area contributed by atoms with Gasteiger partial charge in [-0.1, -0.05) is 56.9 Å². The van der Waals surface area contributed by atoms with Gasteiger partial charge in [-0.15, -0.1) is 0 Å². The summed E-state index contributed by atoms with van der Waals surface area (Å²) in [7, 11) is -3.91. The maximum absolute atomic E-state index is 13.7. The van der Waals surface area contributed by atoms with Crippen molar-refractivity contribution in [3.63, 3.8) is 0 Å². The van der Waals surface area contributed by atoms with Gasteiger partial charge in [-0.2, -0.15) is 13.2 Å². The maximum Gasteiger partial charge on any atom is 0.417 e. The van der Waals surface area contributed by atoms with Crippen LogP contribution in [0.3, 0.4) is 0 Å². The molecule has 0 saturated heterocycles. The number of carbonyl (C=O) groups excluding carboxylic acids is 1. The van der Waals surface area contributed by atoms with E-state index in [-0.39, 0.29) is 16.0 Å². The van der Waals surface area contributed by atoms with E-state index in [0.717, 1.165) is 38.2 Å². The number of primary sulfonamides is 1. The number of amides is 1. The highest BCUT2D eigenvalue weighted by Gasteiger charge is 2.33. The molecule has 37 heavy (non-hydrogen) atoms. The van der Waals surface area contributed by atoms with Gasteiger partial charge in [0, 0.05) is 11.3 Å². The van der Waals surface area contributed by atoms with Gasteiger partial charge in [-0.05, 0) is 78.4 Å². The third-order valence-corrected chi connectivity index (χ3v) is 7.25. The number of benzene rings is 3. The second kappa shape index (κ2) is 11.9. The molecule has 0 aromatic heterocycles. The zero-order chi connectivity index (χ0) is 27.2. The van der Waals surface area contributed by atoms with E-state index in [1.807, 2.05) is 0 Å².